The molecule has 1 aromatic carbocycles. The van der Waals surface area contributed by atoms with Gasteiger partial charge in [0.1, 0.15) is 6.54 Å². The van der Waals surface area contributed by atoms with Crippen molar-refractivity contribution in [3.05, 3.63) is 53.3 Å². The number of alkyl halides is 3. The highest BCUT2D eigenvalue weighted by atomic mass is 32.2. The van der Waals surface area contributed by atoms with Gasteiger partial charge in [-0.2, -0.15) is 13.2 Å². The van der Waals surface area contributed by atoms with Crippen LogP contribution in [0.1, 0.15) is 21.7 Å². The molecule has 0 atom stereocenters. The Kier molecular flexibility index (Phi) is 5.41. The van der Waals surface area contributed by atoms with Crippen LogP contribution in [0, 0.1) is 13.8 Å². The number of aryl methyl sites for hydroxylation is 1. The van der Waals surface area contributed by atoms with Crippen molar-refractivity contribution in [3.8, 4) is 11.5 Å². The van der Waals surface area contributed by atoms with Crippen LogP contribution in [0.2, 0.25) is 0 Å². The largest absolute Gasteiger partial charge is 0.411 e. The Bertz CT molecular complexity index is 949. The summed E-state index contributed by atoms with van der Waals surface area (Å²) < 4.78 is 44.7. The Morgan fingerprint density at radius 3 is 2.56 bits per heavy atom. The third kappa shape index (κ3) is 4.60. The van der Waals surface area contributed by atoms with Gasteiger partial charge in [0.25, 0.3) is 5.22 Å². The summed E-state index contributed by atoms with van der Waals surface area (Å²) in [5.74, 6) is 0.0436. The molecule has 0 aliphatic carbocycles. The predicted octanol–water partition coefficient (Wildman–Crippen LogP) is 4.69. The fourth-order valence-corrected chi connectivity index (χ4v) is 3.32. The van der Waals surface area contributed by atoms with Gasteiger partial charge in [-0.25, -0.2) is 0 Å². The highest BCUT2D eigenvalue weighted by Crippen LogP contribution is 2.26. The molecule has 2 aromatic heterocycles. The van der Waals surface area contributed by atoms with E-state index in [-0.39, 0.29) is 22.3 Å². The van der Waals surface area contributed by atoms with E-state index in [0.29, 0.717) is 17.3 Å². The lowest BCUT2D eigenvalue weighted by Gasteiger charge is -2.12. The van der Waals surface area contributed by atoms with Crippen molar-refractivity contribution in [3.63, 3.8) is 0 Å². The zero-order valence-corrected chi connectivity index (χ0v) is 15.4. The Morgan fingerprint density at radius 2 is 1.89 bits per heavy atom. The third-order valence-electron chi connectivity index (χ3n) is 3.97. The van der Waals surface area contributed by atoms with E-state index in [1.807, 2.05) is 30.3 Å². The lowest BCUT2D eigenvalue weighted by atomic mass is 10.2. The summed E-state index contributed by atoms with van der Waals surface area (Å²) in [5.41, 5.74) is 1.72. The maximum absolute atomic E-state index is 12.7. The van der Waals surface area contributed by atoms with Crippen LogP contribution in [0.25, 0.3) is 11.5 Å². The lowest BCUT2D eigenvalue weighted by molar-refractivity contribution is -0.141. The summed E-state index contributed by atoms with van der Waals surface area (Å²) >= 11 is 1.05. The smallest absolute Gasteiger partial charge is 0.406 e. The van der Waals surface area contributed by atoms with Crippen molar-refractivity contribution in [2.75, 3.05) is 5.75 Å². The zero-order chi connectivity index (χ0) is 19.6. The maximum Gasteiger partial charge on any atom is 0.406 e. The van der Waals surface area contributed by atoms with Crippen LogP contribution in [-0.2, 0) is 6.54 Å². The van der Waals surface area contributed by atoms with Gasteiger partial charge in [0.2, 0.25) is 5.89 Å². The van der Waals surface area contributed by atoms with Crippen LogP contribution in [0.3, 0.4) is 0 Å². The number of hydrogen-bond acceptors (Lipinski definition) is 5. The van der Waals surface area contributed by atoms with E-state index < -0.39 is 12.7 Å². The molecule has 5 nitrogen and oxygen atoms in total. The van der Waals surface area contributed by atoms with Crippen LogP contribution in [0.4, 0.5) is 13.2 Å². The average molecular weight is 395 g/mol. The molecular weight excluding hydrogens is 379 g/mol. The molecule has 0 bridgehead atoms. The molecule has 0 amide bonds. The molecule has 0 unspecified atom stereocenters. The van der Waals surface area contributed by atoms with Gasteiger partial charge in [0.15, 0.2) is 5.78 Å². The molecule has 2 heterocycles. The molecule has 9 heteroatoms. The quantitative estimate of drug-likeness (QED) is 0.448. The second-order valence-electron chi connectivity index (χ2n) is 5.94. The summed E-state index contributed by atoms with van der Waals surface area (Å²) in [4.78, 5) is 12.4. The average Bonchev–Trinajstić information content (AvgIpc) is 3.20. The predicted molar refractivity (Wildman–Crippen MR) is 94.7 cm³/mol. The lowest BCUT2D eigenvalue weighted by Crippen LogP contribution is -2.19. The summed E-state index contributed by atoms with van der Waals surface area (Å²) in [7, 11) is 0. The minimum Gasteiger partial charge on any atom is -0.411 e. The van der Waals surface area contributed by atoms with Crippen molar-refractivity contribution in [1.29, 1.82) is 0 Å². The molecule has 27 heavy (non-hydrogen) atoms. The third-order valence-corrected chi connectivity index (χ3v) is 4.78. The van der Waals surface area contributed by atoms with Crippen molar-refractivity contribution >= 4 is 17.5 Å². The number of hydrogen-bond donors (Lipinski definition) is 0. The number of rotatable bonds is 6. The van der Waals surface area contributed by atoms with Gasteiger partial charge >= 0.3 is 6.18 Å². The first-order chi connectivity index (χ1) is 12.7. The van der Waals surface area contributed by atoms with Gasteiger partial charge in [-0.15, -0.1) is 10.2 Å². The molecule has 3 rings (SSSR count). The van der Waals surface area contributed by atoms with Crippen LogP contribution >= 0.6 is 11.8 Å². The van der Waals surface area contributed by atoms with Crippen LogP contribution in [-0.4, -0.2) is 32.5 Å². The van der Waals surface area contributed by atoms with Gasteiger partial charge in [0, 0.05) is 22.5 Å². The van der Waals surface area contributed by atoms with Crippen LogP contribution in [0.15, 0.2) is 46.0 Å². The first-order valence-corrected chi connectivity index (χ1v) is 9.01. The molecule has 0 spiro atoms. The SMILES string of the molecule is Cc1cc(C(=O)CSc2nnc(-c3ccccc3)o2)c(C)n1CC(F)(F)F. The van der Waals surface area contributed by atoms with E-state index in [2.05, 4.69) is 10.2 Å². The molecule has 0 saturated carbocycles. The second-order valence-corrected chi connectivity index (χ2v) is 6.86. The topological polar surface area (TPSA) is 60.9 Å². The number of thioether (sulfide) groups is 1. The molecule has 0 radical (unpaired) electrons. The molecule has 0 saturated heterocycles. The highest BCUT2D eigenvalue weighted by Gasteiger charge is 2.30. The standard InChI is InChI=1S/C18H16F3N3O2S/c1-11-8-14(12(2)24(11)10-18(19,20)21)15(25)9-27-17-23-22-16(26-17)13-6-4-3-5-7-13/h3-8H,9-10H2,1-2H3. The van der Waals surface area contributed by atoms with Crippen molar-refractivity contribution < 1.29 is 22.4 Å². The molecule has 0 fully saturated rings. The summed E-state index contributed by atoms with van der Waals surface area (Å²) in [6.45, 7) is 1.94. The highest BCUT2D eigenvalue weighted by molar-refractivity contribution is 7.99. The number of nitrogens with zero attached hydrogens (tertiary/aromatic N) is 3. The Balaban J connectivity index is 1.68. The second kappa shape index (κ2) is 7.59. The summed E-state index contributed by atoms with van der Waals surface area (Å²) in [5, 5.41) is 8.06. The van der Waals surface area contributed by atoms with E-state index in [1.54, 1.807) is 6.92 Å². The number of halogens is 3. The Morgan fingerprint density at radius 1 is 1.19 bits per heavy atom. The molecule has 0 N–H and O–H groups in total. The minimum absolute atomic E-state index is 0.00721. The molecule has 0 aliphatic heterocycles. The number of aromatic nitrogens is 3. The molecular formula is C18H16F3N3O2S. The normalized spacial score (nSPS) is 11.7. The van der Waals surface area contributed by atoms with Gasteiger partial charge in [0.05, 0.1) is 5.75 Å². The van der Waals surface area contributed by atoms with Crippen molar-refractivity contribution in [1.82, 2.24) is 14.8 Å². The van der Waals surface area contributed by atoms with Crippen molar-refractivity contribution in [2.45, 2.75) is 31.8 Å². The van der Waals surface area contributed by atoms with E-state index in [9.17, 15) is 18.0 Å². The molecule has 3 aromatic rings. The summed E-state index contributed by atoms with van der Waals surface area (Å²) in [6, 6.07) is 10.7. The fraction of sp³-hybridized carbons (Fsp3) is 0.278. The number of ketones is 1. The van der Waals surface area contributed by atoms with E-state index in [4.69, 9.17) is 4.42 Å². The molecule has 0 aliphatic rings. The van der Waals surface area contributed by atoms with E-state index in [0.717, 1.165) is 21.9 Å². The van der Waals surface area contributed by atoms with Gasteiger partial charge in [-0.05, 0) is 32.0 Å². The number of Topliss-reactive ketones (excluding diaryl/α,β-unsaturated/α-hetero) is 1. The zero-order valence-electron chi connectivity index (χ0n) is 14.6. The van der Waals surface area contributed by atoms with E-state index in [1.165, 1.54) is 13.0 Å². The number of benzene rings is 1. The Hall–Kier alpha value is -2.55. The van der Waals surface area contributed by atoms with Crippen LogP contribution in [0.5, 0.6) is 0 Å². The van der Waals surface area contributed by atoms with E-state index >= 15 is 0 Å². The van der Waals surface area contributed by atoms with Gasteiger partial charge < -0.3 is 8.98 Å². The van der Waals surface area contributed by atoms with Crippen LogP contribution < -0.4 is 0 Å². The molecule has 142 valence electrons. The summed E-state index contributed by atoms with van der Waals surface area (Å²) in [6.07, 6.45) is -4.35. The number of carbonyl (C=O) groups excluding carboxylic acids is 1. The van der Waals surface area contributed by atoms with Gasteiger partial charge in [-0.3, -0.25) is 4.79 Å². The van der Waals surface area contributed by atoms with Crippen molar-refractivity contribution in [2.24, 2.45) is 0 Å². The number of carbonyl (C=O) groups is 1. The minimum atomic E-state index is -4.35. The first-order valence-electron chi connectivity index (χ1n) is 8.03. The maximum atomic E-state index is 12.7. The van der Waals surface area contributed by atoms with Gasteiger partial charge in [-0.1, -0.05) is 30.0 Å². The first kappa shape index (κ1) is 19.2. The fourth-order valence-electron chi connectivity index (χ4n) is 2.68. The Labute approximate surface area is 157 Å². The monoisotopic (exact) mass is 395 g/mol.